The van der Waals surface area contributed by atoms with Crippen LogP contribution in [-0.4, -0.2) is 19.6 Å². The van der Waals surface area contributed by atoms with E-state index < -0.39 is 0 Å². The van der Waals surface area contributed by atoms with Crippen LogP contribution in [0.2, 0.25) is 0 Å². The summed E-state index contributed by atoms with van der Waals surface area (Å²) < 4.78 is 1.79. The van der Waals surface area contributed by atoms with Crippen molar-refractivity contribution in [1.29, 1.82) is 0 Å². The number of benzene rings is 1. The van der Waals surface area contributed by atoms with Crippen LogP contribution in [0.3, 0.4) is 0 Å². The maximum atomic E-state index is 4.50. The first kappa shape index (κ1) is 14.2. The lowest BCUT2D eigenvalue weighted by atomic mass is 9.98. The SMILES string of the molecule is CC.Cc1ccccc1-c1c(C)nc2ncnn2c1C. The molecule has 0 aliphatic heterocycles. The normalized spacial score (nSPS) is 10.2. The molecule has 0 bridgehead atoms. The van der Waals surface area contributed by atoms with Crippen LogP contribution < -0.4 is 0 Å². The monoisotopic (exact) mass is 268 g/mol. The van der Waals surface area contributed by atoms with Gasteiger partial charge in [-0.2, -0.15) is 10.1 Å². The molecule has 0 fully saturated rings. The van der Waals surface area contributed by atoms with E-state index in [4.69, 9.17) is 0 Å². The highest BCUT2D eigenvalue weighted by atomic mass is 15.3. The van der Waals surface area contributed by atoms with Gasteiger partial charge in [0.15, 0.2) is 0 Å². The summed E-state index contributed by atoms with van der Waals surface area (Å²) in [6, 6.07) is 8.33. The van der Waals surface area contributed by atoms with Crippen molar-refractivity contribution in [2.45, 2.75) is 34.6 Å². The molecule has 2 aromatic heterocycles. The van der Waals surface area contributed by atoms with E-state index in [0.717, 1.165) is 17.0 Å². The predicted molar refractivity (Wildman–Crippen MR) is 81.8 cm³/mol. The first-order valence-corrected chi connectivity index (χ1v) is 6.91. The molecule has 3 aromatic rings. The van der Waals surface area contributed by atoms with Crippen LogP contribution in [0, 0.1) is 20.8 Å². The highest BCUT2D eigenvalue weighted by molar-refractivity contribution is 5.72. The fourth-order valence-corrected chi connectivity index (χ4v) is 2.37. The summed E-state index contributed by atoms with van der Waals surface area (Å²) in [6.07, 6.45) is 1.54. The number of nitrogens with zero attached hydrogens (tertiary/aromatic N) is 4. The van der Waals surface area contributed by atoms with Gasteiger partial charge in [-0.05, 0) is 31.9 Å². The summed E-state index contributed by atoms with van der Waals surface area (Å²) in [5, 5.41) is 4.22. The zero-order valence-electron chi connectivity index (χ0n) is 12.7. The number of aromatic nitrogens is 4. The molecule has 4 heteroatoms. The summed E-state index contributed by atoms with van der Waals surface area (Å²) >= 11 is 0. The van der Waals surface area contributed by atoms with Gasteiger partial charge in [0.25, 0.3) is 5.78 Å². The Hall–Kier alpha value is -2.23. The zero-order valence-corrected chi connectivity index (χ0v) is 12.7. The summed E-state index contributed by atoms with van der Waals surface area (Å²) in [5.41, 5.74) is 5.65. The van der Waals surface area contributed by atoms with Gasteiger partial charge >= 0.3 is 0 Å². The van der Waals surface area contributed by atoms with E-state index in [2.05, 4.69) is 41.0 Å². The maximum absolute atomic E-state index is 4.50. The Morgan fingerprint density at radius 3 is 2.40 bits per heavy atom. The van der Waals surface area contributed by atoms with Gasteiger partial charge in [0, 0.05) is 5.56 Å². The summed E-state index contributed by atoms with van der Waals surface area (Å²) in [7, 11) is 0. The number of fused-ring (bicyclic) bond motifs is 1. The van der Waals surface area contributed by atoms with Crippen molar-refractivity contribution in [3.63, 3.8) is 0 Å². The summed E-state index contributed by atoms with van der Waals surface area (Å²) in [5.74, 6) is 0.655. The molecule has 1 aromatic carbocycles. The molecule has 3 rings (SSSR count). The van der Waals surface area contributed by atoms with Crippen LogP contribution in [0.15, 0.2) is 30.6 Å². The lowest BCUT2D eigenvalue weighted by Gasteiger charge is -2.12. The highest BCUT2D eigenvalue weighted by Crippen LogP contribution is 2.28. The molecule has 0 radical (unpaired) electrons. The molecular weight excluding hydrogens is 248 g/mol. The molecule has 0 saturated carbocycles. The molecule has 0 saturated heterocycles. The number of hydrogen-bond acceptors (Lipinski definition) is 3. The Morgan fingerprint density at radius 1 is 1.00 bits per heavy atom. The first-order chi connectivity index (χ1) is 9.68. The lowest BCUT2D eigenvalue weighted by Crippen LogP contribution is -2.03. The van der Waals surface area contributed by atoms with Gasteiger partial charge in [0.2, 0.25) is 0 Å². The van der Waals surface area contributed by atoms with E-state index in [-0.39, 0.29) is 0 Å². The fourth-order valence-electron chi connectivity index (χ4n) is 2.37. The van der Waals surface area contributed by atoms with Gasteiger partial charge in [0.1, 0.15) is 6.33 Å². The second-order valence-corrected chi connectivity index (χ2v) is 4.44. The minimum Gasteiger partial charge on any atom is -0.216 e. The summed E-state index contributed by atoms with van der Waals surface area (Å²) in [6.45, 7) is 10.2. The van der Waals surface area contributed by atoms with Crippen molar-refractivity contribution < 1.29 is 0 Å². The average molecular weight is 268 g/mol. The van der Waals surface area contributed by atoms with Gasteiger partial charge in [0.05, 0.1) is 11.4 Å². The molecule has 0 aliphatic carbocycles. The van der Waals surface area contributed by atoms with Crippen molar-refractivity contribution in [2.75, 3.05) is 0 Å². The topological polar surface area (TPSA) is 43.1 Å². The van der Waals surface area contributed by atoms with Crippen LogP contribution in [0.1, 0.15) is 30.8 Å². The molecule has 2 heterocycles. The molecule has 0 atom stereocenters. The van der Waals surface area contributed by atoms with Gasteiger partial charge in [-0.3, -0.25) is 0 Å². The average Bonchev–Trinajstić information content (AvgIpc) is 2.91. The Bertz CT molecular complexity index is 728. The number of hydrogen-bond donors (Lipinski definition) is 0. The Kier molecular flexibility index (Phi) is 4.13. The van der Waals surface area contributed by atoms with Crippen molar-refractivity contribution >= 4 is 5.78 Å². The molecule has 0 amide bonds. The van der Waals surface area contributed by atoms with Gasteiger partial charge in [-0.15, -0.1) is 0 Å². The molecule has 20 heavy (non-hydrogen) atoms. The van der Waals surface area contributed by atoms with E-state index in [1.165, 1.54) is 17.5 Å². The van der Waals surface area contributed by atoms with Gasteiger partial charge in [-0.1, -0.05) is 38.1 Å². The van der Waals surface area contributed by atoms with Crippen LogP contribution in [-0.2, 0) is 0 Å². The zero-order chi connectivity index (χ0) is 14.7. The predicted octanol–water partition coefficient (Wildman–Crippen LogP) is 3.74. The Morgan fingerprint density at radius 2 is 1.70 bits per heavy atom. The number of rotatable bonds is 1. The van der Waals surface area contributed by atoms with Crippen LogP contribution in [0.25, 0.3) is 16.9 Å². The van der Waals surface area contributed by atoms with E-state index in [1.807, 2.05) is 32.9 Å². The third kappa shape index (κ3) is 2.29. The summed E-state index contributed by atoms with van der Waals surface area (Å²) in [4.78, 5) is 8.64. The first-order valence-electron chi connectivity index (χ1n) is 6.91. The largest absolute Gasteiger partial charge is 0.252 e. The fraction of sp³-hybridized carbons (Fsp3) is 0.312. The quantitative estimate of drug-likeness (QED) is 0.675. The third-order valence-corrected chi connectivity index (χ3v) is 3.25. The van der Waals surface area contributed by atoms with Gasteiger partial charge in [-0.25, -0.2) is 9.50 Å². The maximum Gasteiger partial charge on any atom is 0.252 e. The van der Waals surface area contributed by atoms with E-state index >= 15 is 0 Å². The molecule has 0 unspecified atom stereocenters. The molecule has 0 aliphatic rings. The van der Waals surface area contributed by atoms with Gasteiger partial charge < -0.3 is 0 Å². The molecule has 0 spiro atoms. The second-order valence-electron chi connectivity index (χ2n) is 4.44. The Labute approximate surface area is 119 Å². The standard InChI is InChI=1S/C14H14N4.C2H6/c1-9-6-4-5-7-12(9)13-10(2)17-14-15-8-16-18(14)11(13)3;1-2/h4-8H,1-3H3;1-2H3. The smallest absolute Gasteiger partial charge is 0.216 e. The molecule has 0 N–H and O–H groups in total. The highest BCUT2D eigenvalue weighted by Gasteiger charge is 2.13. The second kappa shape index (κ2) is 5.82. The lowest BCUT2D eigenvalue weighted by molar-refractivity contribution is 0.888. The van der Waals surface area contributed by atoms with Crippen LogP contribution in [0.4, 0.5) is 0 Å². The van der Waals surface area contributed by atoms with Crippen molar-refractivity contribution in [3.8, 4) is 11.1 Å². The minimum absolute atomic E-state index is 0.655. The Balaban J connectivity index is 0.000000704. The minimum atomic E-state index is 0.655. The van der Waals surface area contributed by atoms with Crippen LogP contribution >= 0.6 is 0 Å². The van der Waals surface area contributed by atoms with Crippen molar-refractivity contribution in [3.05, 3.63) is 47.5 Å². The molecule has 4 nitrogen and oxygen atoms in total. The van der Waals surface area contributed by atoms with Crippen molar-refractivity contribution in [2.24, 2.45) is 0 Å². The third-order valence-electron chi connectivity index (χ3n) is 3.25. The van der Waals surface area contributed by atoms with E-state index in [0.29, 0.717) is 5.78 Å². The number of aryl methyl sites for hydroxylation is 3. The van der Waals surface area contributed by atoms with Crippen molar-refractivity contribution in [1.82, 2.24) is 19.6 Å². The molecule has 104 valence electrons. The van der Waals surface area contributed by atoms with Crippen LogP contribution in [0.5, 0.6) is 0 Å². The van der Waals surface area contributed by atoms with E-state index in [1.54, 1.807) is 4.52 Å². The van der Waals surface area contributed by atoms with E-state index in [9.17, 15) is 0 Å². The molecular formula is C16H20N4.